The molecule has 2 amide bonds. The molecule has 1 saturated heterocycles. The lowest BCUT2D eigenvalue weighted by Gasteiger charge is -2.13. The molecule has 1 aliphatic rings. The highest BCUT2D eigenvalue weighted by Gasteiger charge is 2.35. The molecule has 0 radical (unpaired) electrons. The molecule has 1 aliphatic heterocycles. The maximum atomic E-state index is 12.6. The summed E-state index contributed by atoms with van der Waals surface area (Å²) in [6, 6.07) is 0.969. The second kappa shape index (κ2) is 6.59. The molecular weight excluding hydrogens is 313 g/mol. The molecule has 9 heteroatoms. The van der Waals surface area contributed by atoms with E-state index in [9.17, 15) is 22.8 Å². The van der Waals surface area contributed by atoms with E-state index in [1.807, 2.05) is 6.92 Å². The number of aromatic nitrogens is 2. The smallest absolute Gasteiger partial charge is 0.354 e. The number of nitrogens with zero attached hydrogens (tertiary/aromatic N) is 3. The van der Waals surface area contributed by atoms with Gasteiger partial charge in [-0.05, 0) is 19.9 Å². The molecule has 1 fully saturated rings. The van der Waals surface area contributed by atoms with Crippen molar-refractivity contribution in [2.75, 3.05) is 19.6 Å². The molecule has 1 atom stereocenters. The Hall–Kier alpha value is -2.06. The van der Waals surface area contributed by atoms with Gasteiger partial charge in [0.05, 0.1) is 12.5 Å². The lowest BCUT2D eigenvalue weighted by molar-refractivity contribution is -0.141. The zero-order chi connectivity index (χ0) is 17.2. The fourth-order valence-electron chi connectivity index (χ4n) is 2.56. The average molecular weight is 332 g/mol. The number of likely N-dealkylation sites (tertiary alicyclic amines) is 1. The Bertz CT molecular complexity index is 597. The van der Waals surface area contributed by atoms with Crippen molar-refractivity contribution in [3.05, 3.63) is 17.5 Å². The molecule has 1 aromatic rings. The van der Waals surface area contributed by atoms with E-state index >= 15 is 0 Å². The first-order chi connectivity index (χ1) is 10.7. The number of nitrogens with one attached hydrogen (secondary N) is 1. The van der Waals surface area contributed by atoms with Gasteiger partial charge in [-0.15, -0.1) is 0 Å². The van der Waals surface area contributed by atoms with Crippen LogP contribution in [-0.2, 0) is 22.3 Å². The maximum Gasteiger partial charge on any atom is 0.435 e. The maximum absolute atomic E-state index is 12.6. The van der Waals surface area contributed by atoms with Crippen LogP contribution in [0, 0.1) is 12.8 Å². The van der Waals surface area contributed by atoms with Crippen molar-refractivity contribution in [3.8, 4) is 0 Å². The summed E-state index contributed by atoms with van der Waals surface area (Å²) in [5.41, 5.74) is -0.568. The molecule has 128 valence electrons. The van der Waals surface area contributed by atoms with Crippen molar-refractivity contribution in [1.29, 1.82) is 0 Å². The lowest BCUT2D eigenvalue weighted by atomic mass is 10.1. The van der Waals surface area contributed by atoms with Gasteiger partial charge in [0.1, 0.15) is 0 Å². The first-order valence-corrected chi connectivity index (χ1v) is 7.39. The van der Waals surface area contributed by atoms with Crippen molar-refractivity contribution in [1.82, 2.24) is 20.0 Å². The predicted octanol–water partition coefficient (Wildman–Crippen LogP) is 1.19. The van der Waals surface area contributed by atoms with Crippen LogP contribution in [0.1, 0.15) is 24.7 Å². The number of amides is 2. The van der Waals surface area contributed by atoms with Crippen LogP contribution >= 0.6 is 0 Å². The molecule has 1 aromatic heterocycles. The Labute approximate surface area is 131 Å². The number of carbonyl (C=O) groups excluding carboxylic acids is 2. The van der Waals surface area contributed by atoms with E-state index in [2.05, 4.69) is 10.4 Å². The number of hydrogen-bond donors (Lipinski definition) is 1. The molecular formula is C14H19F3N4O2. The molecule has 0 aromatic carbocycles. The second-order valence-electron chi connectivity index (χ2n) is 5.52. The zero-order valence-electron chi connectivity index (χ0n) is 13.0. The van der Waals surface area contributed by atoms with Crippen LogP contribution in [0.2, 0.25) is 0 Å². The van der Waals surface area contributed by atoms with E-state index in [0.29, 0.717) is 18.8 Å². The van der Waals surface area contributed by atoms with Crippen molar-refractivity contribution >= 4 is 11.8 Å². The predicted molar refractivity (Wildman–Crippen MR) is 75.3 cm³/mol. The molecule has 0 spiro atoms. The summed E-state index contributed by atoms with van der Waals surface area (Å²) in [4.78, 5) is 25.2. The topological polar surface area (TPSA) is 67.2 Å². The largest absolute Gasteiger partial charge is 0.435 e. The summed E-state index contributed by atoms with van der Waals surface area (Å²) in [5, 5.41) is 6.14. The first-order valence-electron chi connectivity index (χ1n) is 7.39. The monoisotopic (exact) mass is 332 g/mol. The summed E-state index contributed by atoms with van der Waals surface area (Å²) in [5.74, 6) is -0.701. The quantitative estimate of drug-likeness (QED) is 0.881. The number of rotatable bonds is 5. The Kier molecular flexibility index (Phi) is 4.96. The molecule has 0 bridgehead atoms. The second-order valence-corrected chi connectivity index (χ2v) is 5.52. The van der Waals surface area contributed by atoms with Gasteiger partial charge in [0.15, 0.2) is 5.69 Å². The van der Waals surface area contributed by atoms with Crippen molar-refractivity contribution in [2.45, 2.75) is 33.0 Å². The molecule has 0 aliphatic carbocycles. The first kappa shape index (κ1) is 17.3. The molecule has 6 nitrogen and oxygen atoms in total. The number of aryl methyl sites for hydroxylation is 1. The summed E-state index contributed by atoms with van der Waals surface area (Å²) in [6.45, 7) is 4.63. The molecule has 2 heterocycles. The van der Waals surface area contributed by atoms with E-state index in [4.69, 9.17) is 0 Å². The van der Waals surface area contributed by atoms with Crippen LogP contribution in [0.3, 0.4) is 0 Å². The minimum Gasteiger partial charge on any atom is -0.354 e. The summed E-state index contributed by atoms with van der Waals surface area (Å²) >= 11 is 0. The van der Waals surface area contributed by atoms with Crippen molar-refractivity contribution in [2.24, 2.45) is 5.92 Å². The van der Waals surface area contributed by atoms with Crippen LogP contribution in [0.5, 0.6) is 0 Å². The highest BCUT2D eigenvalue weighted by Crippen LogP contribution is 2.28. The van der Waals surface area contributed by atoms with Gasteiger partial charge >= 0.3 is 6.18 Å². The highest BCUT2D eigenvalue weighted by atomic mass is 19.4. The average Bonchev–Trinajstić information content (AvgIpc) is 3.02. The highest BCUT2D eigenvalue weighted by molar-refractivity contribution is 5.89. The number of halogens is 3. The van der Waals surface area contributed by atoms with E-state index in [-0.39, 0.29) is 31.3 Å². The third kappa shape index (κ3) is 4.02. The van der Waals surface area contributed by atoms with Gasteiger partial charge < -0.3 is 10.2 Å². The number of alkyl halides is 3. The van der Waals surface area contributed by atoms with Gasteiger partial charge in [-0.25, -0.2) is 0 Å². The Morgan fingerprint density at radius 3 is 2.70 bits per heavy atom. The molecule has 2 rings (SSSR count). The van der Waals surface area contributed by atoms with Gasteiger partial charge in [-0.2, -0.15) is 18.3 Å². The fourth-order valence-corrected chi connectivity index (χ4v) is 2.56. The van der Waals surface area contributed by atoms with Gasteiger partial charge in [-0.1, -0.05) is 0 Å². The molecule has 0 saturated carbocycles. The standard InChI is InChI=1S/C14H19F3N4O2/c1-3-20-8-10(7-12(20)22)13(23)18-4-5-21-9(2)6-11(19-21)14(15,16)17/h6,10H,3-5,7-8H2,1-2H3,(H,18,23)/t10-/m1/s1. The third-order valence-corrected chi connectivity index (χ3v) is 3.86. The normalized spacial score (nSPS) is 18.6. The number of carbonyl (C=O) groups is 2. The minimum atomic E-state index is -4.48. The van der Waals surface area contributed by atoms with Crippen LogP contribution in [-0.4, -0.2) is 46.1 Å². The summed E-state index contributed by atoms with van der Waals surface area (Å²) < 4.78 is 38.9. The van der Waals surface area contributed by atoms with Crippen LogP contribution < -0.4 is 5.32 Å². The molecule has 1 N–H and O–H groups in total. The van der Waals surface area contributed by atoms with Crippen molar-refractivity contribution in [3.63, 3.8) is 0 Å². The van der Waals surface area contributed by atoms with Crippen LogP contribution in [0.25, 0.3) is 0 Å². The van der Waals surface area contributed by atoms with Gasteiger partial charge in [0.25, 0.3) is 0 Å². The van der Waals surface area contributed by atoms with Crippen LogP contribution in [0.4, 0.5) is 13.2 Å². The van der Waals surface area contributed by atoms with E-state index in [1.165, 1.54) is 11.6 Å². The fraction of sp³-hybridized carbons (Fsp3) is 0.643. The van der Waals surface area contributed by atoms with E-state index in [0.717, 1.165) is 6.07 Å². The minimum absolute atomic E-state index is 0.0506. The lowest BCUT2D eigenvalue weighted by Crippen LogP contribution is -2.35. The Morgan fingerprint density at radius 2 is 2.17 bits per heavy atom. The van der Waals surface area contributed by atoms with E-state index in [1.54, 1.807) is 4.90 Å². The van der Waals surface area contributed by atoms with Gasteiger partial charge in [0.2, 0.25) is 11.8 Å². The van der Waals surface area contributed by atoms with Gasteiger partial charge in [0, 0.05) is 31.7 Å². The molecule has 0 unspecified atom stereocenters. The van der Waals surface area contributed by atoms with E-state index < -0.39 is 17.8 Å². The Balaban J connectivity index is 1.85. The van der Waals surface area contributed by atoms with Crippen LogP contribution in [0.15, 0.2) is 6.07 Å². The Morgan fingerprint density at radius 1 is 1.48 bits per heavy atom. The number of hydrogen-bond acceptors (Lipinski definition) is 3. The molecule has 23 heavy (non-hydrogen) atoms. The zero-order valence-corrected chi connectivity index (χ0v) is 13.0. The third-order valence-electron chi connectivity index (χ3n) is 3.86. The SMILES string of the molecule is CCN1C[C@H](C(=O)NCCn2nc(C(F)(F)F)cc2C)CC1=O. The summed E-state index contributed by atoms with van der Waals surface area (Å²) in [7, 11) is 0. The van der Waals surface area contributed by atoms with Gasteiger partial charge in [-0.3, -0.25) is 14.3 Å². The summed E-state index contributed by atoms with van der Waals surface area (Å²) in [6.07, 6.45) is -4.30. The van der Waals surface area contributed by atoms with Crippen molar-refractivity contribution < 1.29 is 22.8 Å².